The Kier molecular flexibility index (Phi) is 5.14. The molecular formula is C24H23N3O3. The fourth-order valence-corrected chi connectivity index (χ4v) is 3.79. The predicted octanol–water partition coefficient (Wildman–Crippen LogP) is 3.72. The van der Waals surface area contributed by atoms with E-state index in [1.165, 1.54) is 6.92 Å². The lowest BCUT2D eigenvalue weighted by Crippen LogP contribution is -2.44. The minimum Gasteiger partial charge on any atom is -0.508 e. The number of nitrogens with zero attached hydrogens (tertiary/aromatic N) is 1. The number of benzene rings is 3. The van der Waals surface area contributed by atoms with Gasteiger partial charge in [0.2, 0.25) is 11.8 Å². The molecule has 0 unspecified atom stereocenters. The van der Waals surface area contributed by atoms with Crippen LogP contribution in [0, 0.1) is 0 Å². The predicted molar refractivity (Wildman–Crippen MR) is 118 cm³/mol. The van der Waals surface area contributed by atoms with E-state index in [2.05, 4.69) is 27.3 Å². The molecule has 0 bridgehead atoms. The summed E-state index contributed by atoms with van der Waals surface area (Å²) in [6, 6.07) is 19.9. The highest BCUT2D eigenvalue weighted by molar-refractivity contribution is 6.09. The van der Waals surface area contributed by atoms with Crippen molar-refractivity contribution in [3.63, 3.8) is 0 Å². The van der Waals surface area contributed by atoms with Gasteiger partial charge in [0.1, 0.15) is 11.8 Å². The number of amides is 2. The number of para-hydroxylation sites is 1. The summed E-state index contributed by atoms with van der Waals surface area (Å²) in [5.74, 6) is -0.419. The molecule has 1 atom stereocenters. The van der Waals surface area contributed by atoms with Crippen LogP contribution in [0.2, 0.25) is 0 Å². The highest BCUT2D eigenvalue weighted by Crippen LogP contribution is 2.29. The van der Waals surface area contributed by atoms with Crippen LogP contribution in [-0.2, 0) is 23.1 Å². The maximum absolute atomic E-state index is 12.9. The maximum atomic E-state index is 12.9. The molecule has 1 heterocycles. The topological polar surface area (TPSA) is 83.4 Å². The summed E-state index contributed by atoms with van der Waals surface area (Å²) in [6.45, 7) is 1.39. The van der Waals surface area contributed by atoms with Gasteiger partial charge in [-0.3, -0.25) is 9.59 Å². The third-order valence-corrected chi connectivity index (χ3v) is 5.25. The molecule has 0 saturated heterocycles. The van der Waals surface area contributed by atoms with Gasteiger partial charge < -0.3 is 20.3 Å². The van der Waals surface area contributed by atoms with Crippen molar-refractivity contribution < 1.29 is 14.7 Å². The van der Waals surface area contributed by atoms with Gasteiger partial charge in [-0.2, -0.15) is 0 Å². The van der Waals surface area contributed by atoms with E-state index in [4.69, 9.17) is 0 Å². The fraction of sp³-hybridized carbons (Fsp3) is 0.167. The van der Waals surface area contributed by atoms with Crippen LogP contribution in [0.5, 0.6) is 5.75 Å². The molecule has 30 heavy (non-hydrogen) atoms. The van der Waals surface area contributed by atoms with Gasteiger partial charge in [-0.25, -0.2) is 0 Å². The van der Waals surface area contributed by atoms with Gasteiger partial charge in [0.25, 0.3) is 0 Å². The number of hydrogen-bond donors (Lipinski definition) is 3. The van der Waals surface area contributed by atoms with Crippen LogP contribution in [0.1, 0.15) is 12.5 Å². The lowest BCUT2D eigenvalue weighted by molar-refractivity contribution is -0.125. The Balaban J connectivity index is 1.60. The molecule has 2 amide bonds. The number of aromatic hydroxyl groups is 1. The van der Waals surface area contributed by atoms with Crippen LogP contribution in [0.3, 0.4) is 0 Å². The maximum Gasteiger partial charge on any atom is 0.247 e. The number of hydrogen-bond acceptors (Lipinski definition) is 3. The average molecular weight is 401 g/mol. The summed E-state index contributed by atoms with van der Waals surface area (Å²) < 4.78 is 2.10. The number of fused-ring (bicyclic) bond motifs is 3. The van der Waals surface area contributed by atoms with Crippen LogP contribution in [0.15, 0.2) is 66.7 Å². The first kappa shape index (κ1) is 19.5. The standard InChI is InChI=1S/C24H23N3O3/c1-15(28)25-21(13-16-7-10-18(29)11-8-16)24(30)26-17-9-12-20-19-5-3-4-6-22(19)27(2)23(20)14-17/h3-12,14,21,29H,13H2,1-2H3,(H,25,28)(H,26,30)/t21-/m0/s1. The molecule has 4 aromatic rings. The average Bonchev–Trinajstić information content (AvgIpc) is 3.01. The molecule has 0 radical (unpaired) electrons. The van der Waals surface area contributed by atoms with Crippen molar-refractivity contribution in [2.75, 3.05) is 5.32 Å². The molecule has 0 aliphatic carbocycles. The smallest absolute Gasteiger partial charge is 0.247 e. The minimum absolute atomic E-state index is 0.155. The first-order valence-corrected chi connectivity index (χ1v) is 9.75. The Morgan fingerprint density at radius 2 is 1.67 bits per heavy atom. The van der Waals surface area contributed by atoms with E-state index >= 15 is 0 Å². The van der Waals surface area contributed by atoms with E-state index in [1.807, 2.05) is 37.4 Å². The Hall–Kier alpha value is -3.80. The molecule has 6 heteroatoms. The number of phenolic OH excluding ortho intramolecular Hbond substituents is 1. The number of anilines is 1. The van der Waals surface area contributed by atoms with Gasteiger partial charge >= 0.3 is 0 Å². The second-order valence-corrected chi connectivity index (χ2v) is 7.42. The highest BCUT2D eigenvalue weighted by Gasteiger charge is 2.20. The Bertz CT molecular complexity index is 1240. The zero-order valence-corrected chi connectivity index (χ0v) is 16.8. The monoisotopic (exact) mass is 401 g/mol. The van der Waals surface area contributed by atoms with E-state index in [0.717, 1.165) is 27.4 Å². The van der Waals surface area contributed by atoms with E-state index in [-0.39, 0.29) is 17.6 Å². The second kappa shape index (κ2) is 7.91. The van der Waals surface area contributed by atoms with Gasteiger partial charge in [0, 0.05) is 42.4 Å². The van der Waals surface area contributed by atoms with Crippen LogP contribution in [0.4, 0.5) is 5.69 Å². The fourth-order valence-electron chi connectivity index (χ4n) is 3.79. The van der Waals surface area contributed by atoms with Gasteiger partial charge in [-0.1, -0.05) is 36.4 Å². The molecule has 0 aliphatic rings. The van der Waals surface area contributed by atoms with Crippen molar-refractivity contribution in [2.24, 2.45) is 7.05 Å². The Morgan fingerprint density at radius 3 is 2.40 bits per heavy atom. The SMILES string of the molecule is CC(=O)N[C@@H](Cc1ccc(O)cc1)C(=O)Nc1ccc2c3ccccc3n(C)c2c1. The zero-order valence-electron chi connectivity index (χ0n) is 16.8. The Labute approximate surface area is 174 Å². The molecule has 0 saturated carbocycles. The van der Waals surface area contributed by atoms with E-state index < -0.39 is 6.04 Å². The summed E-state index contributed by atoms with van der Waals surface area (Å²) in [7, 11) is 2.00. The van der Waals surface area contributed by atoms with Gasteiger partial charge in [0.05, 0.1) is 5.52 Å². The van der Waals surface area contributed by atoms with Gasteiger partial charge in [-0.15, -0.1) is 0 Å². The number of carbonyl (C=O) groups excluding carboxylic acids is 2. The molecule has 6 nitrogen and oxygen atoms in total. The van der Waals surface area contributed by atoms with Gasteiger partial charge in [-0.05, 0) is 35.9 Å². The summed E-state index contributed by atoms with van der Waals surface area (Å²) in [5, 5.41) is 17.4. The lowest BCUT2D eigenvalue weighted by atomic mass is 10.0. The quantitative estimate of drug-likeness (QED) is 0.477. The van der Waals surface area contributed by atoms with Crippen molar-refractivity contribution >= 4 is 39.3 Å². The highest BCUT2D eigenvalue weighted by atomic mass is 16.3. The molecule has 3 aromatic carbocycles. The second-order valence-electron chi connectivity index (χ2n) is 7.42. The first-order valence-electron chi connectivity index (χ1n) is 9.75. The normalized spacial score (nSPS) is 12.1. The molecule has 1 aromatic heterocycles. The van der Waals surface area contributed by atoms with Crippen molar-refractivity contribution in [1.82, 2.24) is 9.88 Å². The molecule has 3 N–H and O–H groups in total. The molecule has 0 spiro atoms. The molecular weight excluding hydrogens is 378 g/mol. The molecule has 152 valence electrons. The summed E-state index contributed by atoms with van der Waals surface area (Å²) in [4.78, 5) is 24.6. The minimum atomic E-state index is -0.727. The number of aromatic nitrogens is 1. The number of aryl methyl sites for hydroxylation is 1. The number of rotatable bonds is 5. The van der Waals surface area contributed by atoms with Crippen molar-refractivity contribution in [3.8, 4) is 5.75 Å². The summed E-state index contributed by atoms with van der Waals surface area (Å²) in [6.07, 6.45) is 0.321. The molecule has 0 fully saturated rings. The van der Waals surface area contributed by atoms with Crippen molar-refractivity contribution in [1.29, 1.82) is 0 Å². The zero-order chi connectivity index (χ0) is 21.3. The van der Waals surface area contributed by atoms with Crippen LogP contribution in [0.25, 0.3) is 21.8 Å². The number of carbonyl (C=O) groups is 2. The van der Waals surface area contributed by atoms with Crippen molar-refractivity contribution in [3.05, 3.63) is 72.3 Å². The summed E-state index contributed by atoms with van der Waals surface area (Å²) in [5.41, 5.74) is 3.65. The van der Waals surface area contributed by atoms with Crippen LogP contribution < -0.4 is 10.6 Å². The third-order valence-electron chi connectivity index (χ3n) is 5.25. The van der Waals surface area contributed by atoms with Crippen molar-refractivity contribution in [2.45, 2.75) is 19.4 Å². The number of phenols is 1. The third kappa shape index (κ3) is 3.85. The van der Waals surface area contributed by atoms with Crippen LogP contribution in [-0.4, -0.2) is 27.5 Å². The van der Waals surface area contributed by atoms with E-state index in [0.29, 0.717) is 12.1 Å². The largest absolute Gasteiger partial charge is 0.508 e. The Morgan fingerprint density at radius 1 is 0.967 bits per heavy atom. The summed E-state index contributed by atoms with van der Waals surface area (Å²) >= 11 is 0. The molecule has 0 aliphatic heterocycles. The lowest BCUT2D eigenvalue weighted by Gasteiger charge is -2.18. The van der Waals surface area contributed by atoms with E-state index in [9.17, 15) is 14.7 Å². The van der Waals surface area contributed by atoms with E-state index in [1.54, 1.807) is 24.3 Å². The van der Waals surface area contributed by atoms with Gasteiger partial charge in [0.15, 0.2) is 0 Å². The van der Waals surface area contributed by atoms with Crippen LogP contribution >= 0.6 is 0 Å². The first-order chi connectivity index (χ1) is 14.4. The number of nitrogens with one attached hydrogen (secondary N) is 2. The molecule has 4 rings (SSSR count).